The van der Waals surface area contributed by atoms with E-state index in [1.807, 2.05) is 0 Å². The molecule has 1 N–H and O–H groups in total. The second-order valence-electron chi connectivity index (χ2n) is 6.44. The van der Waals surface area contributed by atoms with E-state index in [2.05, 4.69) is 25.5 Å². The summed E-state index contributed by atoms with van der Waals surface area (Å²) in [4.78, 5) is 21.5. The fourth-order valence-corrected chi connectivity index (χ4v) is 3.47. The summed E-state index contributed by atoms with van der Waals surface area (Å²) in [6, 6.07) is 8.21. The Kier molecular flexibility index (Phi) is 5.55. The summed E-state index contributed by atoms with van der Waals surface area (Å²) in [5.74, 6) is 0.400. The van der Waals surface area contributed by atoms with Crippen LogP contribution < -0.4 is 5.32 Å². The van der Waals surface area contributed by atoms with Gasteiger partial charge in [-0.15, -0.1) is 16.4 Å². The highest BCUT2D eigenvalue weighted by atomic mass is 32.1. The van der Waals surface area contributed by atoms with Crippen LogP contribution in [0, 0.1) is 6.92 Å². The summed E-state index contributed by atoms with van der Waals surface area (Å²) >= 11 is 1.33. The molecule has 4 aromatic rings. The highest BCUT2D eigenvalue weighted by Gasteiger charge is 2.31. The molecule has 0 unspecified atom stereocenters. The Bertz CT molecular complexity index is 1200. The molecule has 4 rings (SSSR count). The summed E-state index contributed by atoms with van der Waals surface area (Å²) in [7, 11) is 0. The van der Waals surface area contributed by atoms with E-state index >= 15 is 0 Å². The van der Waals surface area contributed by atoms with Crippen molar-refractivity contribution in [3.63, 3.8) is 0 Å². The Hall–Kier alpha value is -3.54. The van der Waals surface area contributed by atoms with Crippen molar-refractivity contribution in [2.45, 2.75) is 19.5 Å². The number of thiophene rings is 1. The van der Waals surface area contributed by atoms with Gasteiger partial charge >= 0.3 is 6.18 Å². The van der Waals surface area contributed by atoms with Crippen LogP contribution in [0.2, 0.25) is 0 Å². The van der Waals surface area contributed by atoms with Gasteiger partial charge in [0, 0.05) is 13.0 Å². The van der Waals surface area contributed by atoms with Crippen LogP contribution in [0.4, 0.5) is 13.2 Å². The van der Waals surface area contributed by atoms with Gasteiger partial charge in [0.25, 0.3) is 5.91 Å². The molecule has 12 heteroatoms. The zero-order valence-electron chi connectivity index (χ0n) is 16.1. The number of nitrogens with one attached hydrogen (secondary N) is 1. The van der Waals surface area contributed by atoms with Crippen molar-refractivity contribution in [3.05, 3.63) is 64.9 Å². The number of rotatable bonds is 6. The third kappa shape index (κ3) is 4.63. The molecule has 31 heavy (non-hydrogen) atoms. The summed E-state index contributed by atoms with van der Waals surface area (Å²) in [5.41, 5.74) is -0.676. The summed E-state index contributed by atoms with van der Waals surface area (Å²) < 4.78 is 45.7. The standard InChI is InChI=1S/C19H15F3N6O2S/c1-11-24-15(30-27-11)7-8-23-18(29)16-25-17(14-6-3-9-31-14)28(26-16)13-5-2-4-12(10-13)19(20,21)22/h2-6,9-10H,7-8H2,1H3,(H,23,29). The van der Waals surface area contributed by atoms with E-state index in [9.17, 15) is 18.0 Å². The van der Waals surface area contributed by atoms with Gasteiger partial charge in [-0.2, -0.15) is 18.2 Å². The van der Waals surface area contributed by atoms with Crippen molar-refractivity contribution in [1.82, 2.24) is 30.2 Å². The third-order valence-corrected chi connectivity index (χ3v) is 5.03. The maximum Gasteiger partial charge on any atom is 0.416 e. The van der Waals surface area contributed by atoms with Crippen molar-refractivity contribution in [1.29, 1.82) is 0 Å². The molecule has 0 aliphatic carbocycles. The van der Waals surface area contributed by atoms with Gasteiger partial charge in [0.1, 0.15) is 0 Å². The monoisotopic (exact) mass is 448 g/mol. The number of carbonyl (C=O) groups is 1. The van der Waals surface area contributed by atoms with E-state index in [0.717, 1.165) is 12.1 Å². The van der Waals surface area contributed by atoms with Crippen LogP contribution in [0.25, 0.3) is 16.4 Å². The number of hydrogen-bond acceptors (Lipinski definition) is 7. The number of carbonyl (C=O) groups excluding carboxylic acids is 1. The largest absolute Gasteiger partial charge is 0.416 e. The molecule has 0 aliphatic heterocycles. The SMILES string of the molecule is Cc1noc(CCNC(=O)c2nc(-c3cccs3)n(-c3cccc(C(F)(F)F)c3)n2)n1. The minimum atomic E-state index is -4.51. The Morgan fingerprint density at radius 2 is 2.06 bits per heavy atom. The Labute approximate surface area is 177 Å². The van der Waals surface area contributed by atoms with Crippen LogP contribution >= 0.6 is 11.3 Å². The van der Waals surface area contributed by atoms with Gasteiger partial charge in [0.15, 0.2) is 11.6 Å². The van der Waals surface area contributed by atoms with Crippen molar-refractivity contribution in [2.75, 3.05) is 6.54 Å². The third-order valence-electron chi connectivity index (χ3n) is 4.16. The van der Waals surface area contributed by atoms with E-state index in [-0.39, 0.29) is 23.9 Å². The number of benzene rings is 1. The highest BCUT2D eigenvalue weighted by molar-refractivity contribution is 7.13. The van der Waals surface area contributed by atoms with Crippen molar-refractivity contribution >= 4 is 17.2 Å². The van der Waals surface area contributed by atoms with Crippen LogP contribution in [0.5, 0.6) is 0 Å². The molecule has 0 bridgehead atoms. The first-order chi connectivity index (χ1) is 14.8. The number of hydrogen-bond donors (Lipinski definition) is 1. The van der Waals surface area contributed by atoms with Gasteiger partial charge < -0.3 is 9.84 Å². The maximum atomic E-state index is 13.1. The summed E-state index contributed by atoms with van der Waals surface area (Å²) in [6.07, 6.45) is -4.19. The minimum absolute atomic E-state index is 0.145. The predicted molar refractivity (Wildman–Crippen MR) is 105 cm³/mol. The molecular formula is C19H15F3N6O2S. The van der Waals surface area contributed by atoms with E-state index in [1.165, 1.54) is 28.2 Å². The Morgan fingerprint density at radius 3 is 2.74 bits per heavy atom. The number of amides is 1. The first-order valence-corrected chi connectivity index (χ1v) is 9.95. The second kappa shape index (κ2) is 8.30. The van der Waals surface area contributed by atoms with Crippen molar-refractivity contribution in [2.24, 2.45) is 0 Å². The molecule has 1 aromatic carbocycles. The lowest BCUT2D eigenvalue weighted by Gasteiger charge is -2.09. The molecule has 160 valence electrons. The predicted octanol–water partition coefficient (Wildman–Crippen LogP) is 3.68. The van der Waals surface area contributed by atoms with E-state index in [1.54, 1.807) is 24.4 Å². The molecule has 1 amide bonds. The van der Waals surface area contributed by atoms with Gasteiger partial charge in [0.2, 0.25) is 11.7 Å². The molecular weight excluding hydrogens is 433 g/mol. The summed E-state index contributed by atoms with van der Waals surface area (Å²) in [6.45, 7) is 1.88. The van der Waals surface area contributed by atoms with Crippen molar-refractivity contribution in [3.8, 4) is 16.4 Å². The highest BCUT2D eigenvalue weighted by Crippen LogP contribution is 2.32. The maximum absolute atomic E-state index is 13.1. The average molecular weight is 448 g/mol. The molecule has 3 heterocycles. The molecule has 0 aliphatic rings. The first-order valence-electron chi connectivity index (χ1n) is 9.07. The minimum Gasteiger partial charge on any atom is -0.349 e. The lowest BCUT2D eigenvalue weighted by Crippen LogP contribution is -2.27. The van der Waals surface area contributed by atoms with E-state index in [4.69, 9.17) is 4.52 Å². The molecule has 3 aromatic heterocycles. The summed E-state index contributed by atoms with van der Waals surface area (Å²) in [5, 5.41) is 12.3. The van der Waals surface area contributed by atoms with Gasteiger partial charge in [-0.1, -0.05) is 17.3 Å². The lowest BCUT2D eigenvalue weighted by molar-refractivity contribution is -0.137. The van der Waals surface area contributed by atoms with Crippen molar-refractivity contribution < 1.29 is 22.5 Å². The number of alkyl halides is 3. The number of aromatic nitrogens is 5. The van der Waals surface area contributed by atoms with Crippen LogP contribution in [0.15, 0.2) is 46.3 Å². The number of nitrogens with zero attached hydrogens (tertiary/aromatic N) is 5. The number of aryl methyl sites for hydroxylation is 1. The molecule has 0 saturated carbocycles. The molecule has 0 radical (unpaired) electrons. The Morgan fingerprint density at radius 1 is 1.23 bits per heavy atom. The molecule has 0 saturated heterocycles. The Balaban J connectivity index is 1.61. The topological polar surface area (TPSA) is 98.7 Å². The van der Waals surface area contributed by atoms with Gasteiger partial charge in [0.05, 0.1) is 16.1 Å². The average Bonchev–Trinajstić information content (AvgIpc) is 3.48. The lowest BCUT2D eigenvalue weighted by atomic mass is 10.2. The zero-order valence-corrected chi connectivity index (χ0v) is 16.9. The fraction of sp³-hybridized carbons (Fsp3) is 0.211. The smallest absolute Gasteiger partial charge is 0.349 e. The van der Waals surface area contributed by atoms with E-state index in [0.29, 0.717) is 23.0 Å². The van der Waals surface area contributed by atoms with E-state index < -0.39 is 17.6 Å². The van der Waals surface area contributed by atoms with Crippen LogP contribution in [-0.2, 0) is 12.6 Å². The second-order valence-corrected chi connectivity index (χ2v) is 7.39. The number of halogens is 3. The van der Waals surface area contributed by atoms with Gasteiger partial charge in [-0.3, -0.25) is 4.79 Å². The first kappa shape index (κ1) is 20.7. The molecule has 0 fully saturated rings. The quantitative estimate of drug-likeness (QED) is 0.483. The van der Waals surface area contributed by atoms with Crippen LogP contribution in [0.1, 0.15) is 27.9 Å². The van der Waals surface area contributed by atoms with Crippen LogP contribution in [0.3, 0.4) is 0 Å². The molecule has 0 atom stereocenters. The molecule has 8 nitrogen and oxygen atoms in total. The zero-order chi connectivity index (χ0) is 22.0. The normalized spacial score (nSPS) is 11.6. The van der Waals surface area contributed by atoms with Crippen LogP contribution in [-0.4, -0.2) is 37.4 Å². The van der Waals surface area contributed by atoms with Gasteiger partial charge in [-0.25, -0.2) is 9.67 Å². The van der Waals surface area contributed by atoms with Gasteiger partial charge in [-0.05, 0) is 36.6 Å². The fourth-order valence-electron chi connectivity index (χ4n) is 2.77. The molecule has 0 spiro atoms.